The summed E-state index contributed by atoms with van der Waals surface area (Å²) < 4.78 is 5.59. The molecule has 2 unspecified atom stereocenters. The molecule has 0 N–H and O–H groups in total. The Morgan fingerprint density at radius 1 is 1.53 bits per heavy atom. The van der Waals surface area contributed by atoms with Gasteiger partial charge in [-0.2, -0.15) is 4.91 Å². The second-order valence-electron chi connectivity index (χ2n) is 4.12. The number of nitrogens with zero attached hydrogens (tertiary/aromatic N) is 2. The van der Waals surface area contributed by atoms with Crippen LogP contribution in [0, 0.1) is 4.91 Å². The third-order valence-electron chi connectivity index (χ3n) is 3.06. The molecule has 1 aromatic rings. The molecule has 5 heteroatoms. The number of alkyl halides is 1. The molecule has 0 amide bonds. The van der Waals surface area contributed by atoms with Crippen LogP contribution in [-0.4, -0.2) is 31.1 Å². The summed E-state index contributed by atoms with van der Waals surface area (Å²) in [6.07, 6.45) is 0.859. The molecule has 2 rings (SSSR count). The second kappa shape index (κ2) is 5.77. The Hall–Kier alpha value is -0.690. The molecular weight excluding hydrogens is 331 g/mol. The van der Waals surface area contributed by atoms with Gasteiger partial charge in [0.15, 0.2) is 0 Å². The van der Waals surface area contributed by atoms with E-state index in [0.29, 0.717) is 0 Å². The Morgan fingerprint density at radius 3 is 2.94 bits per heavy atom. The summed E-state index contributed by atoms with van der Waals surface area (Å²) in [5.74, 6) is 0.898. The van der Waals surface area contributed by atoms with Gasteiger partial charge in [-0.05, 0) is 12.5 Å². The van der Waals surface area contributed by atoms with Gasteiger partial charge in [0.25, 0.3) is 0 Å². The highest BCUT2D eigenvalue weighted by atomic mass is 127. The summed E-state index contributed by atoms with van der Waals surface area (Å²) in [4.78, 5) is 12.8. The van der Waals surface area contributed by atoms with Crippen molar-refractivity contribution in [2.75, 3.05) is 20.2 Å². The highest BCUT2D eigenvalue weighted by Crippen LogP contribution is 2.36. The van der Waals surface area contributed by atoms with Crippen molar-refractivity contribution in [3.8, 4) is 5.75 Å². The van der Waals surface area contributed by atoms with E-state index in [0.717, 1.165) is 30.8 Å². The first-order valence-corrected chi connectivity index (χ1v) is 6.84. The standard InChI is InChI=1S/C12H15IN2O2/c1-17-11-5-3-2-4-10(11)12(13)15-7-6-9(8-15)14-16/h2-5,9,12H,6-8H2,1H3. The third kappa shape index (κ3) is 2.77. The van der Waals surface area contributed by atoms with E-state index in [-0.39, 0.29) is 10.1 Å². The van der Waals surface area contributed by atoms with Crippen molar-refractivity contribution in [1.29, 1.82) is 0 Å². The lowest BCUT2D eigenvalue weighted by Crippen LogP contribution is -2.23. The van der Waals surface area contributed by atoms with E-state index in [1.807, 2.05) is 18.2 Å². The number of rotatable bonds is 4. The predicted molar refractivity (Wildman–Crippen MR) is 75.5 cm³/mol. The number of methoxy groups -OCH3 is 1. The monoisotopic (exact) mass is 346 g/mol. The lowest BCUT2D eigenvalue weighted by Gasteiger charge is -2.23. The second-order valence-corrected chi connectivity index (χ2v) is 5.30. The minimum absolute atomic E-state index is 0.0537. The molecule has 1 aliphatic heterocycles. The zero-order chi connectivity index (χ0) is 12.3. The molecule has 1 fully saturated rings. The van der Waals surface area contributed by atoms with Gasteiger partial charge in [-0.25, -0.2) is 0 Å². The highest BCUT2D eigenvalue weighted by Gasteiger charge is 2.29. The van der Waals surface area contributed by atoms with E-state index in [1.165, 1.54) is 0 Å². The van der Waals surface area contributed by atoms with Crippen molar-refractivity contribution in [3.05, 3.63) is 34.7 Å². The Labute approximate surface area is 114 Å². The lowest BCUT2D eigenvalue weighted by atomic mass is 10.2. The van der Waals surface area contributed by atoms with Gasteiger partial charge >= 0.3 is 0 Å². The summed E-state index contributed by atoms with van der Waals surface area (Å²) in [5, 5.41) is 3.13. The molecule has 0 aliphatic carbocycles. The van der Waals surface area contributed by atoms with Crippen molar-refractivity contribution in [2.45, 2.75) is 16.5 Å². The number of halogens is 1. The lowest BCUT2D eigenvalue weighted by molar-refractivity contribution is 0.320. The quantitative estimate of drug-likeness (QED) is 0.364. The van der Waals surface area contributed by atoms with Gasteiger partial charge in [0.1, 0.15) is 11.8 Å². The molecule has 1 aromatic carbocycles. The Kier molecular flexibility index (Phi) is 4.33. The fourth-order valence-electron chi connectivity index (χ4n) is 2.12. The minimum atomic E-state index is -0.0537. The summed E-state index contributed by atoms with van der Waals surface area (Å²) in [7, 11) is 1.68. The fourth-order valence-corrected chi connectivity index (χ4v) is 3.14. The number of hydrogen-bond acceptors (Lipinski definition) is 4. The Morgan fingerprint density at radius 2 is 2.29 bits per heavy atom. The van der Waals surface area contributed by atoms with E-state index in [4.69, 9.17) is 4.74 Å². The van der Waals surface area contributed by atoms with Crippen molar-refractivity contribution in [3.63, 3.8) is 0 Å². The van der Waals surface area contributed by atoms with E-state index in [9.17, 15) is 4.91 Å². The van der Waals surface area contributed by atoms with Gasteiger partial charge in [-0.15, -0.1) is 0 Å². The maximum absolute atomic E-state index is 10.5. The highest BCUT2D eigenvalue weighted by molar-refractivity contribution is 14.1. The van der Waals surface area contributed by atoms with Gasteiger partial charge in [0.2, 0.25) is 0 Å². The molecule has 0 saturated carbocycles. The average molecular weight is 346 g/mol. The first-order valence-electron chi connectivity index (χ1n) is 5.59. The molecule has 4 nitrogen and oxygen atoms in total. The maximum Gasteiger partial charge on any atom is 0.124 e. The predicted octanol–water partition coefficient (Wildman–Crippen LogP) is 2.97. The van der Waals surface area contributed by atoms with Crippen LogP contribution >= 0.6 is 22.6 Å². The summed E-state index contributed by atoms with van der Waals surface area (Å²) in [6, 6.07) is 7.95. The number of nitroso groups, excluding NO2 is 1. The first kappa shape index (κ1) is 12.8. The fraction of sp³-hybridized carbons (Fsp3) is 0.500. The molecule has 0 radical (unpaired) electrons. The molecular formula is C12H15IN2O2. The van der Waals surface area contributed by atoms with Gasteiger partial charge in [0, 0.05) is 18.7 Å². The number of benzene rings is 1. The van der Waals surface area contributed by atoms with Crippen molar-refractivity contribution in [2.24, 2.45) is 5.18 Å². The van der Waals surface area contributed by atoms with Crippen LogP contribution in [0.1, 0.15) is 16.0 Å². The number of para-hydroxylation sites is 1. The summed E-state index contributed by atoms with van der Waals surface area (Å²) in [5.41, 5.74) is 1.15. The molecule has 1 saturated heterocycles. The SMILES string of the molecule is COc1ccccc1C(I)N1CCC(N=O)C1. The molecule has 17 heavy (non-hydrogen) atoms. The van der Waals surface area contributed by atoms with Gasteiger partial charge in [0.05, 0.1) is 11.2 Å². The normalized spacial score (nSPS) is 22.4. The van der Waals surface area contributed by atoms with Gasteiger partial charge in [-0.3, -0.25) is 4.90 Å². The van der Waals surface area contributed by atoms with Crippen molar-refractivity contribution >= 4 is 22.6 Å². The van der Waals surface area contributed by atoms with Gasteiger partial charge in [-0.1, -0.05) is 46.0 Å². The van der Waals surface area contributed by atoms with Crippen LogP contribution in [0.15, 0.2) is 29.4 Å². The van der Waals surface area contributed by atoms with Crippen LogP contribution in [-0.2, 0) is 0 Å². The van der Waals surface area contributed by atoms with Crippen molar-refractivity contribution < 1.29 is 4.74 Å². The van der Waals surface area contributed by atoms with Crippen LogP contribution in [0.25, 0.3) is 0 Å². The van der Waals surface area contributed by atoms with Crippen LogP contribution in [0.2, 0.25) is 0 Å². The first-order chi connectivity index (χ1) is 8.26. The molecule has 0 spiro atoms. The number of hydrogen-bond donors (Lipinski definition) is 0. The largest absolute Gasteiger partial charge is 0.496 e. The van der Waals surface area contributed by atoms with Gasteiger partial charge < -0.3 is 4.74 Å². The number of likely N-dealkylation sites (tertiary alicyclic amines) is 1. The van der Waals surface area contributed by atoms with Crippen LogP contribution in [0.5, 0.6) is 5.75 Å². The molecule has 92 valence electrons. The molecule has 0 bridgehead atoms. The average Bonchev–Trinajstić information content (AvgIpc) is 2.86. The summed E-state index contributed by atoms with van der Waals surface area (Å²) >= 11 is 2.39. The zero-order valence-electron chi connectivity index (χ0n) is 9.67. The zero-order valence-corrected chi connectivity index (χ0v) is 11.8. The summed E-state index contributed by atoms with van der Waals surface area (Å²) in [6.45, 7) is 1.66. The topological polar surface area (TPSA) is 41.9 Å². The molecule has 1 heterocycles. The van der Waals surface area contributed by atoms with E-state index >= 15 is 0 Å². The van der Waals surface area contributed by atoms with Crippen LogP contribution in [0.4, 0.5) is 0 Å². The van der Waals surface area contributed by atoms with E-state index < -0.39 is 0 Å². The molecule has 0 aromatic heterocycles. The smallest absolute Gasteiger partial charge is 0.124 e. The third-order valence-corrected chi connectivity index (χ3v) is 4.52. The minimum Gasteiger partial charge on any atom is -0.496 e. The van der Waals surface area contributed by atoms with Crippen LogP contribution < -0.4 is 4.74 Å². The molecule has 2 atom stereocenters. The van der Waals surface area contributed by atoms with E-state index in [2.05, 4.69) is 38.7 Å². The maximum atomic E-state index is 10.5. The van der Waals surface area contributed by atoms with E-state index in [1.54, 1.807) is 7.11 Å². The molecule has 1 aliphatic rings. The Balaban J connectivity index is 2.14. The van der Waals surface area contributed by atoms with Crippen LogP contribution in [0.3, 0.4) is 0 Å². The Bertz CT molecular complexity index is 400. The van der Waals surface area contributed by atoms with Crippen molar-refractivity contribution in [1.82, 2.24) is 4.90 Å². The number of ether oxygens (including phenoxy) is 1.